The first kappa shape index (κ1) is 14.4. The van der Waals surface area contributed by atoms with Gasteiger partial charge < -0.3 is 5.32 Å². The molecule has 0 fully saturated rings. The van der Waals surface area contributed by atoms with Crippen LogP contribution in [0.4, 0.5) is 5.82 Å². The van der Waals surface area contributed by atoms with Gasteiger partial charge >= 0.3 is 0 Å². The van der Waals surface area contributed by atoms with Crippen LogP contribution in [0.1, 0.15) is 0 Å². The largest absolute Gasteiger partial charge is 0.309 e. The van der Waals surface area contributed by atoms with Crippen LogP contribution in [0, 0.1) is 0 Å². The Hall–Kier alpha value is -2.54. The average Bonchev–Trinajstić information content (AvgIpc) is 2.51. The maximum absolute atomic E-state index is 12.4. The molecule has 0 saturated carbocycles. The lowest BCUT2D eigenvalue weighted by molar-refractivity contribution is -0.116. The van der Waals surface area contributed by atoms with Gasteiger partial charge in [0, 0.05) is 10.7 Å². The molecule has 7 heteroatoms. The number of hydrogen-bond donors (Lipinski definition) is 1. The summed E-state index contributed by atoms with van der Waals surface area (Å²) in [6, 6.07) is 10.5. The van der Waals surface area contributed by atoms with Crippen LogP contribution in [0.5, 0.6) is 0 Å². The summed E-state index contributed by atoms with van der Waals surface area (Å²) in [7, 11) is 0. The van der Waals surface area contributed by atoms with Crippen molar-refractivity contribution in [1.29, 1.82) is 0 Å². The van der Waals surface area contributed by atoms with Gasteiger partial charge in [-0.05, 0) is 30.3 Å². The number of aromatic nitrogens is 3. The molecule has 3 aromatic rings. The van der Waals surface area contributed by atoms with Crippen molar-refractivity contribution in [3.05, 3.63) is 63.7 Å². The Bertz CT molecular complexity index is 893. The Labute approximate surface area is 134 Å². The molecule has 0 spiro atoms. The van der Waals surface area contributed by atoms with Crippen LogP contribution in [-0.2, 0) is 11.3 Å². The van der Waals surface area contributed by atoms with Gasteiger partial charge in [-0.3, -0.25) is 14.2 Å². The van der Waals surface area contributed by atoms with Crippen molar-refractivity contribution in [2.24, 2.45) is 0 Å². The van der Waals surface area contributed by atoms with E-state index in [0.717, 1.165) is 4.47 Å². The number of pyridine rings is 1. The maximum Gasteiger partial charge on any atom is 0.261 e. The number of anilines is 1. The number of benzene rings is 1. The molecule has 0 aliphatic carbocycles. The van der Waals surface area contributed by atoms with Crippen molar-refractivity contribution in [2.75, 3.05) is 5.32 Å². The number of hydrogen-bond acceptors (Lipinski definition) is 4. The van der Waals surface area contributed by atoms with Gasteiger partial charge in [-0.15, -0.1) is 0 Å². The SMILES string of the molecule is O=C(Cn1cnc2ccc(Br)cc2c1=O)Nc1ccccn1. The third kappa shape index (κ3) is 3.04. The topological polar surface area (TPSA) is 76.9 Å². The Morgan fingerprint density at radius 2 is 2.09 bits per heavy atom. The molecule has 110 valence electrons. The second-order valence-electron chi connectivity index (χ2n) is 4.60. The number of halogens is 1. The average molecular weight is 359 g/mol. The van der Waals surface area contributed by atoms with Crippen molar-refractivity contribution in [2.45, 2.75) is 6.54 Å². The molecule has 0 saturated heterocycles. The highest BCUT2D eigenvalue weighted by Gasteiger charge is 2.09. The van der Waals surface area contributed by atoms with E-state index in [1.54, 1.807) is 36.5 Å². The number of rotatable bonds is 3. The van der Waals surface area contributed by atoms with Crippen LogP contribution in [0.2, 0.25) is 0 Å². The maximum atomic E-state index is 12.4. The zero-order valence-electron chi connectivity index (χ0n) is 11.4. The second kappa shape index (κ2) is 6.07. The van der Waals surface area contributed by atoms with Crippen molar-refractivity contribution >= 4 is 38.6 Å². The molecule has 6 nitrogen and oxygen atoms in total. The first-order valence-corrected chi connectivity index (χ1v) is 7.28. The molecule has 0 aliphatic rings. The van der Waals surface area contributed by atoms with E-state index >= 15 is 0 Å². The lowest BCUT2D eigenvalue weighted by Gasteiger charge is -2.07. The normalized spacial score (nSPS) is 10.6. The highest BCUT2D eigenvalue weighted by molar-refractivity contribution is 9.10. The predicted octanol–water partition coefficient (Wildman–Crippen LogP) is 2.19. The minimum Gasteiger partial charge on any atom is -0.309 e. The van der Waals surface area contributed by atoms with Gasteiger partial charge in [0.25, 0.3) is 5.56 Å². The van der Waals surface area contributed by atoms with Gasteiger partial charge in [0.05, 0.1) is 17.2 Å². The Kier molecular flexibility index (Phi) is 3.97. The number of nitrogens with one attached hydrogen (secondary N) is 1. The number of carbonyl (C=O) groups is 1. The first-order chi connectivity index (χ1) is 10.6. The zero-order chi connectivity index (χ0) is 15.5. The minimum atomic E-state index is -0.336. The zero-order valence-corrected chi connectivity index (χ0v) is 12.9. The molecular weight excluding hydrogens is 348 g/mol. The highest BCUT2D eigenvalue weighted by atomic mass is 79.9. The Morgan fingerprint density at radius 3 is 2.86 bits per heavy atom. The van der Waals surface area contributed by atoms with E-state index in [0.29, 0.717) is 16.7 Å². The van der Waals surface area contributed by atoms with Crippen LogP contribution >= 0.6 is 15.9 Å². The summed E-state index contributed by atoms with van der Waals surface area (Å²) in [6.45, 7) is -0.120. The Balaban J connectivity index is 1.86. The van der Waals surface area contributed by atoms with E-state index in [1.807, 2.05) is 6.07 Å². The van der Waals surface area contributed by atoms with E-state index in [4.69, 9.17) is 0 Å². The third-order valence-electron chi connectivity index (χ3n) is 3.03. The molecule has 3 rings (SSSR count). The van der Waals surface area contributed by atoms with Crippen LogP contribution < -0.4 is 10.9 Å². The molecule has 0 bridgehead atoms. The minimum absolute atomic E-state index is 0.120. The van der Waals surface area contributed by atoms with Crippen molar-refractivity contribution in [3.63, 3.8) is 0 Å². The van der Waals surface area contributed by atoms with Gasteiger partial charge in [-0.25, -0.2) is 9.97 Å². The van der Waals surface area contributed by atoms with E-state index in [2.05, 4.69) is 31.2 Å². The van der Waals surface area contributed by atoms with Crippen LogP contribution in [-0.4, -0.2) is 20.4 Å². The lowest BCUT2D eigenvalue weighted by Crippen LogP contribution is -2.28. The van der Waals surface area contributed by atoms with Crippen LogP contribution in [0.15, 0.2) is 58.2 Å². The van der Waals surface area contributed by atoms with Crippen molar-refractivity contribution in [3.8, 4) is 0 Å². The Morgan fingerprint density at radius 1 is 1.23 bits per heavy atom. The number of amides is 1. The fourth-order valence-electron chi connectivity index (χ4n) is 2.02. The third-order valence-corrected chi connectivity index (χ3v) is 3.53. The smallest absolute Gasteiger partial charge is 0.261 e. The summed E-state index contributed by atoms with van der Waals surface area (Å²) in [5, 5.41) is 3.09. The number of fused-ring (bicyclic) bond motifs is 1. The molecular formula is C15H11BrN4O2. The molecule has 2 heterocycles. The van der Waals surface area contributed by atoms with E-state index in [-0.39, 0.29) is 18.0 Å². The number of nitrogens with zero attached hydrogens (tertiary/aromatic N) is 3. The van der Waals surface area contributed by atoms with Crippen LogP contribution in [0.25, 0.3) is 10.9 Å². The standard InChI is InChI=1S/C15H11BrN4O2/c16-10-4-5-12-11(7-10)15(22)20(9-18-12)8-14(21)19-13-3-1-2-6-17-13/h1-7,9H,8H2,(H,17,19,21). The highest BCUT2D eigenvalue weighted by Crippen LogP contribution is 2.14. The molecule has 2 aromatic heterocycles. The van der Waals surface area contributed by atoms with Crippen molar-refractivity contribution < 1.29 is 4.79 Å². The summed E-state index contributed by atoms with van der Waals surface area (Å²) in [4.78, 5) is 32.6. The van der Waals surface area contributed by atoms with E-state index in [1.165, 1.54) is 10.9 Å². The molecule has 1 aromatic carbocycles. The molecule has 1 N–H and O–H groups in total. The fourth-order valence-corrected chi connectivity index (χ4v) is 2.38. The molecule has 0 atom stereocenters. The van der Waals surface area contributed by atoms with Crippen LogP contribution in [0.3, 0.4) is 0 Å². The number of carbonyl (C=O) groups excluding carboxylic acids is 1. The first-order valence-electron chi connectivity index (χ1n) is 6.49. The van der Waals surface area contributed by atoms with Gasteiger partial charge in [0.15, 0.2) is 0 Å². The molecule has 0 unspecified atom stereocenters. The van der Waals surface area contributed by atoms with E-state index in [9.17, 15) is 9.59 Å². The fraction of sp³-hybridized carbons (Fsp3) is 0.0667. The molecule has 0 aliphatic heterocycles. The van der Waals surface area contributed by atoms with Gasteiger partial charge in [0.2, 0.25) is 5.91 Å². The molecule has 22 heavy (non-hydrogen) atoms. The van der Waals surface area contributed by atoms with E-state index < -0.39 is 0 Å². The van der Waals surface area contributed by atoms with Gasteiger partial charge in [-0.1, -0.05) is 22.0 Å². The predicted molar refractivity (Wildman–Crippen MR) is 86.6 cm³/mol. The summed E-state index contributed by atoms with van der Waals surface area (Å²) >= 11 is 3.32. The monoisotopic (exact) mass is 358 g/mol. The lowest BCUT2D eigenvalue weighted by atomic mass is 10.2. The molecule has 1 amide bonds. The molecule has 0 radical (unpaired) electrons. The summed E-state index contributed by atoms with van der Waals surface area (Å²) < 4.78 is 2.06. The van der Waals surface area contributed by atoms with Gasteiger partial charge in [-0.2, -0.15) is 0 Å². The second-order valence-corrected chi connectivity index (χ2v) is 5.52. The quantitative estimate of drug-likeness (QED) is 0.778. The summed E-state index contributed by atoms with van der Waals surface area (Å²) in [5.74, 6) is 0.106. The van der Waals surface area contributed by atoms with Crippen molar-refractivity contribution in [1.82, 2.24) is 14.5 Å². The van der Waals surface area contributed by atoms with Gasteiger partial charge in [0.1, 0.15) is 12.4 Å². The summed E-state index contributed by atoms with van der Waals surface area (Å²) in [5.41, 5.74) is 0.331. The summed E-state index contributed by atoms with van der Waals surface area (Å²) in [6.07, 6.45) is 2.95.